The van der Waals surface area contributed by atoms with Gasteiger partial charge < -0.3 is 14.4 Å². The number of sulfonamides is 1. The summed E-state index contributed by atoms with van der Waals surface area (Å²) < 4.78 is 40.5. The minimum Gasteiger partial charge on any atom is -0.490 e. The fraction of sp³-hybridized carbons (Fsp3) is 0.595. The van der Waals surface area contributed by atoms with Gasteiger partial charge in [0.1, 0.15) is 11.4 Å². The van der Waals surface area contributed by atoms with E-state index < -0.39 is 15.9 Å². The van der Waals surface area contributed by atoms with Crippen LogP contribution < -0.4 is 14.4 Å². The van der Waals surface area contributed by atoms with Crippen molar-refractivity contribution in [2.45, 2.75) is 74.9 Å². The molecule has 11 heteroatoms. The molecular formula is C37H49ClN2O5S3. The van der Waals surface area contributed by atoms with Crippen molar-refractivity contribution in [3.8, 4) is 5.75 Å². The summed E-state index contributed by atoms with van der Waals surface area (Å²) in [4.78, 5) is 15.6. The van der Waals surface area contributed by atoms with Crippen molar-refractivity contribution >= 4 is 56.7 Å². The third kappa shape index (κ3) is 7.30. The molecule has 1 amide bonds. The van der Waals surface area contributed by atoms with Crippen LogP contribution in [-0.4, -0.2) is 68.6 Å². The Morgan fingerprint density at radius 3 is 2.67 bits per heavy atom. The van der Waals surface area contributed by atoms with Crippen LogP contribution in [0.25, 0.3) is 0 Å². The molecule has 7 nitrogen and oxygen atoms in total. The van der Waals surface area contributed by atoms with E-state index in [2.05, 4.69) is 47.8 Å². The van der Waals surface area contributed by atoms with Gasteiger partial charge in [-0.2, -0.15) is 0 Å². The van der Waals surface area contributed by atoms with Crippen LogP contribution in [0.4, 0.5) is 5.69 Å². The van der Waals surface area contributed by atoms with Crippen molar-refractivity contribution in [2.24, 2.45) is 17.8 Å². The highest BCUT2D eigenvalue weighted by Crippen LogP contribution is 2.54. The number of hydrogen-bond acceptors (Lipinski definition) is 8. The van der Waals surface area contributed by atoms with Crippen molar-refractivity contribution in [1.29, 1.82) is 0 Å². The van der Waals surface area contributed by atoms with Crippen LogP contribution in [0.3, 0.4) is 0 Å². The zero-order valence-electron chi connectivity index (χ0n) is 28.5. The molecule has 0 aromatic heterocycles. The Hall–Kier alpha value is -1.85. The van der Waals surface area contributed by atoms with Crippen molar-refractivity contribution in [1.82, 2.24) is 4.72 Å². The average molecular weight is 733 g/mol. The van der Waals surface area contributed by atoms with Crippen LogP contribution in [-0.2, 0) is 26.6 Å². The standard InChI is InChI=1S/C37H49ClN2O5S3/c1-5-48(42,43)39-34(41)27-10-14-33-32(21-27)40(23-36(24-45-33)16-6-8-26-20-29(38)11-13-30(26)36)22-28-9-12-31(28)37(44-4,17-15-25(2)3)35-46-18-7-19-47-35/h10-11,13-15,17,20-21,25,28,31,35H,5-9,12,16,18-19,22-24H2,1-4H3,(H,39,41)/b17-15+/t28-,31+,36-,37+/m0/s1. The summed E-state index contributed by atoms with van der Waals surface area (Å²) >= 11 is 10.5. The highest BCUT2D eigenvalue weighted by Gasteiger charge is 2.53. The number of nitrogens with zero attached hydrogens (tertiary/aromatic N) is 1. The quantitative estimate of drug-likeness (QED) is 0.249. The Labute approximate surface area is 300 Å². The molecule has 2 aliphatic heterocycles. The minimum atomic E-state index is -3.71. The van der Waals surface area contributed by atoms with Gasteiger partial charge in [0.05, 0.1) is 22.6 Å². The highest BCUT2D eigenvalue weighted by atomic mass is 35.5. The van der Waals surface area contributed by atoms with Crippen LogP contribution in [0.15, 0.2) is 48.6 Å². The number of nitrogens with one attached hydrogen (secondary N) is 1. The fourth-order valence-corrected chi connectivity index (χ4v) is 12.1. The molecule has 48 heavy (non-hydrogen) atoms. The second-order valence-electron chi connectivity index (χ2n) is 14.2. The summed E-state index contributed by atoms with van der Waals surface area (Å²) in [5.74, 6) is 3.34. The maximum absolute atomic E-state index is 13.2. The molecule has 1 saturated carbocycles. The molecular weight excluding hydrogens is 684 g/mol. The first-order valence-electron chi connectivity index (χ1n) is 17.3. The van der Waals surface area contributed by atoms with Crippen molar-refractivity contribution < 1.29 is 22.7 Å². The van der Waals surface area contributed by atoms with Gasteiger partial charge in [0, 0.05) is 36.2 Å². The summed E-state index contributed by atoms with van der Waals surface area (Å²) in [5.41, 5.74) is 3.07. The van der Waals surface area contributed by atoms with Gasteiger partial charge in [-0.1, -0.05) is 43.7 Å². The monoisotopic (exact) mass is 732 g/mol. The lowest BCUT2D eigenvalue weighted by molar-refractivity contribution is -0.0639. The first-order chi connectivity index (χ1) is 23.0. The van der Waals surface area contributed by atoms with E-state index in [-0.39, 0.29) is 16.8 Å². The predicted molar refractivity (Wildman–Crippen MR) is 200 cm³/mol. The molecule has 2 aromatic rings. The smallest absolute Gasteiger partial charge is 0.264 e. The maximum atomic E-state index is 13.2. The van der Waals surface area contributed by atoms with Crippen LogP contribution >= 0.6 is 35.1 Å². The Morgan fingerprint density at radius 1 is 1.19 bits per heavy atom. The molecule has 0 radical (unpaired) electrons. The Bertz CT molecular complexity index is 1630. The van der Waals surface area contributed by atoms with E-state index in [9.17, 15) is 13.2 Å². The molecule has 0 unspecified atom stereocenters. The summed E-state index contributed by atoms with van der Waals surface area (Å²) in [6.07, 6.45) is 11.1. The summed E-state index contributed by atoms with van der Waals surface area (Å²) in [7, 11) is -1.82. The van der Waals surface area contributed by atoms with Crippen molar-refractivity contribution in [2.75, 3.05) is 49.0 Å². The molecule has 2 aliphatic carbocycles. The second kappa shape index (κ2) is 14.8. The van der Waals surface area contributed by atoms with Crippen LogP contribution in [0.1, 0.15) is 74.4 Å². The van der Waals surface area contributed by atoms with E-state index >= 15 is 0 Å². The van der Waals surface area contributed by atoms with Crippen molar-refractivity contribution in [3.05, 3.63) is 70.3 Å². The number of anilines is 1. The van der Waals surface area contributed by atoms with E-state index in [0.717, 1.165) is 73.2 Å². The molecule has 2 heterocycles. The molecule has 0 bridgehead atoms. The number of carbonyl (C=O) groups excluding carboxylic acids is 1. The highest BCUT2D eigenvalue weighted by molar-refractivity contribution is 8.17. The van der Waals surface area contributed by atoms with E-state index in [1.54, 1.807) is 6.07 Å². The van der Waals surface area contributed by atoms with Gasteiger partial charge in [0.15, 0.2) is 0 Å². The summed E-state index contributed by atoms with van der Waals surface area (Å²) in [6, 6.07) is 11.6. The maximum Gasteiger partial charge on any atom is 0.264 e. The number of benzene rings is 2. The molecule has 1 saturated heterocycles. The lowest BCUT2D eigenvalue weighted by Crippen LogP contribution is -2.56. The fourth-order valence-electron chi connectivity index (χ4n) is 7.98. The number of aryl methyl sites for hydroxylation is 1. The van der Waals surface area contributed by atoms with Gasteiger partial charge in [-0.05, 0) is 116 Å². The first-order valence-corrected chi connectivity index (χ1v) is 21.4. The van der Waals surface area contributed by atoms with Crippen molar-refractivity contribution in [3.63, 3.8) is 0 Å². The predicted octanol–water partition coefficient (Wildman–Crippen LogP) is 7.71. The number of methoxy groups -OCH3 is 1. The van der Waals surface area contributed by atoms with Gasteiger partial charge in [0.2, 0.25) is 10.0 Å². The number of ether oxygens (including phenoxy) is 2. The van der Waals surface area contributed by atoms with E-state index in [1.165, 1.54) is 24.5 Å². The number of hydrogen-bond donors (Lipinski definition) is 1. The number of amides is 1. The van der Waals surface area contributed by atoms with Gasteiger partial charge in [-0.3, -0.25) is 4.79 Å². The molecule has 4 aliphatic rings. The molecule has 4 atom stereocenters. The van der Waals surface area contributed by atoms with Crippen LogP contribution in [0.5, 0.6) is 5.75 Å². The molecule has 2 fully saturated rings. The third-order valence-corrected chi connectivity index (χ3v) is 15.4. The molecule has 1 spiro atoms. The van der Waals surface area contributed by atoms with Crippen LogP contribution in [0, 0.1) is 17.8 Å². The molecule has 2 aromatic carbocycles. The number of halogens is 1. The number of thioether (sulfide) groups is 2. The zero-order valence-corrected chi connectivity index (χ0v) is 31.7. The number of allylic oxidation sites excluding steroid dienone is 1. The third-order valence-electron chi connectivity index (χ3n) is 10.7. The SMILES string of the molecule is CCS(=O)(=O)NC(=O)c1ccc2c(c1)N(C[C@@H]1CC[C@H]1[C@@](/C=C/C(C)C)(OC)C1SCCCS1)C[C@@]1(CCCc3cc(Cl)ccc31)CO2. The lowest BCUT2D eigenvalue weighted by Gasteiger charge is -2.53. The van der Waals surface area contributed by atoms with E-state index in [1.807, 2.05) is 48.8 Å². The summed E-state index contributed by atoms with van der Waals surface area (Å²) in [6.45, 7) is 7.99. The molecule has 1 N–H and O–H groups in total. The van der Waals surface area contributed by atoms with Gasteiger partial charge in [-0.15, -0.1) is 23.5 Å². The van der Waals surface area contributed by atoms with Crippen LogP contribution in [0.2, 0.25) is 5.02 Å². The Kier molecular flexibility index (Phi) is 11.1. The number of rotatable bonds is 10. The van der Waals surface area contributed by atoms with E-state index in [0.29, 0.717) is 34.5 Å². The van der Waals surface area contributed by atoms with E-state index in [4.69, 9.17) is 21.1 Å². The normalized spacial score (nSPS) is 25.9. The molecule has 6 rings (SSSR count). The second-order valence-corrected chi connectivity index (χ2v) is 19.3. The van der Waals surface area contributed by atoms with Gasteiger partial charge >= 0.3 is 0 Å². The first kappa shape index (κ1) is 36.0. The van der Waals surface area contributed by atoms with Gasteiger partial charge in [-0.25, -0.2) is 13.1 Å². The summed E-state index contributed by atoms with van der Waals surface area (Å²) in [5, 5.41) is 0.749. The Morgan fingerprint density at radius 2 is 1.98 bits per heavy atom. The lowest BCUT2D eigenvalue weighted by atomic mass is 9.64. The zero-order chi connectivity index (χ0) is 34.1. The molecule has 262 valence electrons. The van der Waals surface area contributed by atoms with Gasteiger partial charge in [0.25, 0.3) is 5.91 Å². The topological polar surface area (TPSA) is 84.9 Å². The number of carbonyl (C=O) groups is 1. The largest absolute Gasteiger partial charge is 0.490 e. The Balaban J connectivity index is 1.39. The average Bonchev–Trinajstić information content (AvgIpc) is 3.21. The minimum absolute atomic E-state index is 0.169. The number of fused-ring (bicyclic) bond motifs is 3.